The van der Waals surface area contributed by atoms with Crippen LogP contribution in [0.1, 0.15) is 22.8 Å². The first-order chi connectivity index (χ1) is 13.2. The Hall–Kier alpha value is -3.07. The van der Waals surface area contributed by atoms with Gasteiger partial charge in [0, 0.05) is 5.69 Å². The van der Waals surface area contributed by atoms with Crippen molar-refractivity contribution in [1.29, 1.82) is 0 Å². The predicted octanol–water partition coefficient (Wildman–Crippen LogP) is 2.52. The molecule has 0 spiro atoms. The number of carbonyl (C=O) groups is 2. The lowest BCUT2D eigenvalue weighted by atomic mass is 10.1. The number of hydrogen-bond donors (Lipinski definition) is 1. The maximum absolute atomic E-state index is 12.8. The lowest BCUT2D eigenvalue weighted by Crippen LogP contribution is -2.25. The number of carbonyl (C=O) groups excluding carboxylic acids is 2. The van der Waals surface area contributed by atoms with Gasteiger partial charge in [-0.1, -0.05) is 6.07 Å². The van der Waals surface area contributed by atoms with Crippen LogP contribution in [0.2, 0.25) is 0 Å². The molecule has 0 saturated heterocycles. The minimum Gasteiger partial charge on any atom is -0.497 e. The van der Waals surface area contributed by atoms with Gasteiger partial charge in [-0.05, 0) is 55.8 Å². The molecule has 0 unspecified atom stereocenters. The summed E-state index contributed by atoms with van der Waals surface area (Å²) in [7, 11) is -1.28. The van der Waals surface area contributed by atoms with Crippen molar-refractivity contribution in [3.63, 3.8) is 0 Å². The second-order valence-corrected chi connectivity index (χ2v) is 7.54. The smallest absolute Gasteiger partial charge is 0.346 e. The third-order valence-corrected chi connectivity index (χ3v) is 5.40. The van der Waals surface area contributed by atoms with Crippen LogP contribution < -0.4 is 9.46 Å². The van der Waals surface area contributed by atoms with E-state index in [-0.39, 0.29) is 10.5 Å². The van der Waals surface area contributed by atoms with Crippen LogP contribution in [0.25, 0.3) is 0 Å². The zero-order valence-electron chi connectivity index (χ0n) is 15.9. The Morgan fingerprint density at radius 2 is 1.68 bits per heavy atom. The molecule has 0 aliphatic carbocycles. The van der Waals surface area contributed by atoms with Crippen molar-refractivity contribution in [3.8, 4) is 5.75 Å². The van der Waals surface area contributed by atoms with Crippen molar-refractivity contribution < 1.29 is 32.2 Å². The van der Waals surface area contributed by atoms with Crippen LogP contribution in [0.5, 0.6) is 5.75 Å². The molecule has 0 amide bonds. The van der Waals surface area contributed by atoms with E-state index in [1.165, 1.54) is 39.3 Å². The van der Waals surface area contributed by atoms with Gasteiger partial charge in [-0.25, -0.2) is 18.0 Å². The fourth-order valence-corrected chi connectivity index (χ4v) is 3.66. The molecular weight excluding hydrogens is 386 g/mol. The number of aryl methyl sites for hydroxylation is 1. The van der Waals surface area contributed by atoms with Gasteiger partial charge >= 0.3 is 11.9 Å². The Balaban J connectivity index is 2.27. The molecule has 0 bridgehead atoms. The van der Waals surface area contributed by atoms with Gasteiger partial charge in [-0.2, -0.15) is 0 Å². The van der Waals surface area contributed by atoms with Gasteiger partial charge in [0.25, 0.3) is 10.0 Å². The molecule has 0 radical (unpaired) electrons. The van der Waals surface area contributed by atoms with Crippen LogP contribution >= 0.6 is 0 Å². The number of nitrogens with one attached hydrogen (secondary N) is 1. The zero-order chi connectivity index (χ0) is 20.9. The van der Waals surface area contributed by atoms with Gasteiger partial charge in [-0.15, -0.1) is 0 Å². The van der Waals surface area contributed by atoms with Crippen molar-refractivity contribution in [2.75, 3.05) is 18.9 Å². The molecule has 2 aromatic rings. The summed E-state index contributed by atoms with van der Waals surface area (Å²) < 4.78 is 42.5. The van der Waals surface area contributed by atoms with Crippen LogP contribution in [0.4, 0.5) is 5.69 Å². The second-order valence-electron chi connectivity index (χ2n) is 5.88. The van der Waals surface area contributed by atoms with E-state index in [0.29, 0.717) is 17.0 Å². The summed E-state index contributed by atoms with van der Waals surface area (Å²) in [5.74, 6) is -0.961. The normalized spacial score (nSPS) is 12.0. The quantitative estimate of drug-likeness (QED) is 0.703. The van der Waals surface area contributed by atoms with Crippen molar-refractivity contribution >= 4 is 27.6 Å². The molecule has 0 aliphatic rings. The summed E-state index contributed by atoms with van der Waals surface area (Å²) in [6.07, 6.45) is -1.11. The Morgan fingerprint density at radius 1 is 1.04 bits per heavy atom. The van der Waals surface area contributed by atoms with Gasteiger partial charge in [0.1, 0.15) is 5.75 Å². The number of hydrogen-bond acceptors (Lipinski definition) is 7. The van der Waals surface area contributed by atoms with E-state index >= 15 is 0 Å². The highest BCUT2D eigenvalue weighted by Crippen LogP contribution is 2.23. The molecular formula is C19H21NO7S. The predicted molar refractivity (Wildman–Crippen MR) is 102 cm³/mol. The van der Waals surface area contributed by atoms with Gasteiger partial charge in [0.15, 0.2) is 6.10 Å². The highest BCUT2D eigenvalue weighted by atomic mass is 32.2. The van der Waals surface area contributed by atoms with E-state index in [9.17, 15) is 18.0 Å². The number of esters is 2. The summed E-state index contributed by atoms with van der Waals surface area (Å²) in [6.45, 7) is 2.97. The zero-order valence-corrected chi connectivity index (χ0v) is 16.7. The maximum Gasteiger partial charge on any atom is 0.346 e. The minimum atomic E-state index is -3.96. The number of rotatable bonds is 7. The Bertz CT molecular complexity index is 968. The van der Waals surface area contributed by atoms with Gasteiger partial charge in [-0.3, -0.25) is 4.72 Å². The van der Waals surface area contributed by atoms with Gasteiger partial charge in [0.2, 0.25) is 0 Å². The molecule has 0 aliphatic heterocycles. The average Bonchev–Trinajstić information content (AvgIpc) is 2.67. The standard InChI is InChI=1S/C19H21NO7S/c1-12-5-6-14(19(22)27-13(2)18(21)26-4)11-17(12)28(23,24)20-15-7-9-16(25-3)10-8-15/h5-11,13,20H,1-4H3/t13-/m0/s1. The van der Waals surface area contributed by atoms with E-state index in [0.717, 1.165) is 0 Å². The Morgan fingerprint density at radius 3 is 2.25 bits per heavy atom. The van der Waals surface area contributed by atoms with E-state index in [1.807, 2.05) is 0 Å². The van der Waals surface area contributed by atoms with Crippen LogP contribution in [0, 0.1) is 6.92 Å². The summed E-state index contributed by atoms with van der Waals surface area (Å²) in [6, 6.07) is 10.5. The Kier molecular flexibility index (Phi) is 6.63. The van der Waals surface area contributed by atoms with E-state index in [1.54, 1.807) is 31.2 Å². The van der Waals surface area contributed by atoms with Crippen molar-refractivity contribution in [3.05, 3.63) is 53.6 Å². The molecule has 9 heteroatoms. The number of ether oxygens (including phenoxy) is 3. The first-order valence-electron chi connectivity index (χ1n) is 8.24. The molecule has 150 valence electrons. The van der Waals surface area contributed by atoms with Crippen molar-refractivity contribution in [2.45, 2.75) is 24.8 Å². The van der Waals surface area contributed by atoms with Crippen LogP contribution in [-0.2, 0) is 24.3 Å². The van der Waals surface area contributed by atoms with E-state index < -0.39 is 28.1 Å². The summed E-state index contributed by atoms with van der Waals surface area (Å²) >= 11 is 0. The molecule has 8 nitrogen and oxygen atoms in total. The molecule has 2 rings (SSSR count). The highest BCUT2D eigenvalue weighted by molar-refractivity contribution is 7.92. The van der Waals surface area contributed by atoms with E-state index in [4.69, 9.17) is 9.47 Å². The first kappa shape index (κ1) is 21.2. The minimum absolute atomic E-state index is 0.00328. The van der Waals surface area contributed by atoms with Crippen LogP contribution in [0.3, 0.4) is 0 Å². The molecule has 0 saturated carbocycles. The van der Waals surface area contributed by atoms with E-state index in [2.05, 4.69) is 9.46 Å². The number of sulfonamides is 1. The third kappa shape index (κ3) is 5.01. The lowest BCUT2D eigenvalue weighted by molar-refractivity contribution is -0.149. The molecule has 0 fully saturated rings. The monoisotopic (exact) mass is 407 g/mol. The van der Waals surface area contributed by atoms with Crippen LogP contribution in [0.15, 0.2) is 47.4 Å². The topological polar surface area (TPSA) is 108 Å². The second kappa shape index (κ2) is 8.75. The average molecular weight is 407 g/mol. The van der Waals surface area contributed by atoms with Crippen LogP contribution in [-0.4, -0.2) is 40.7 Å². The fourth-order valence-electron chi connectivity index (χ4n) is 2.33. The SMILES string of the molecule is COC(=O)[C@H](C)OC(=O)c1ccc(C)c(S(=O)(=O)Nc2ccc(OC)cc2)c1. The summed E-state index contributed by atoms with van der Waals surface area (Å²) in [4.78, 5) is 23.5. The molecule has 1 atom stereocenters. The van der Waals surface area contributed by atoms with Gasteiger partial charge in [0.05, 0.1) is 24.7 Å². The fraction of sp³-hybridized carbons (Fsp3) is 0.263. The van der Waals surface area contributed by atoms with Crippen molar-refractivity contribution in [2.24, 2.45) is 0 Å². The number of anilines is 1. The maximum atomic E-state index is 12.8. The number of methoxy groups -OCH3 is 2. The summed E-state index contributed by atoms with van der Waals surface area (Å²) in [5, 5.41) is 0. The largest absolute Gasteiger partial charge is 0.497 e. The number of benzene rings is 2. The molecule has 2 aromatic carbocycles. The first-order valence-corrected chi connectivity index (χ1v) is 9.72. The Labute approximate surface area is 163 Å². The molecule has 0 heterocycles. The molecule has 0 aromatic heterocycles. The summed E-state index contributed by atoms with van der Waals surface area (Å²) in [5.41, 5.74) is 0.780. The third-order valence-electron chi connectivity index (χ3n) is 3.87. The molecule has 1 N–H and O–H groups in total. The van der Waals surface area contributed by atoms with Crippen molar-refractivity contribution in [1.82, 2.24) is 0 Å². The molecule has 28 heavy (non-hydrogen) atoms. The van der Waals surface area contributed by atoms with Gasteiger partial charge < -0.3 is 14.2 Å². The highest BCUT2D eigenvalue weighted by Gasteiger charge is 2.23. The lowest BCUT2D eigenvalue weighted by Gasteiger charge is -2.14.